The summed E-state index contributed by atoms with van der Waals surface area (Å²) < 4.78 is 0. The molecule has 120 valence electrons. The molecule has 5 heteroatoms. The number of hydrogen-bond acceptors (Lipinski definition) is 2. The maximum absolute atomic E-state index is 12.7. The Bertz CT molecular complexity index is 667. The number of carbonyl (C=O) groups excluding carboxylic acids is 2. The highest BCUT2D eigenvalue weighted by Gasteiger charge is 2.38. The number of likely N-dealkylation sites (tertiary alicyclic amines) is 1. The third kappa shape index (κ3) is 3.28. The van der Waals surface area contributed by atoms with Crippen molar-refractivity contribution in [2.75, 3.05) is 7.05 Å². The first kappa shape index (κ1) is 15.3. The fraction of sp³-hybridized carbons (Fsp3) is 0.333. The standard InChI is InChI=1S/C18H21N3O2/c1-21-16(22)10-9-15(17(21)13-6-3-2-4-7-13)18(23)20-12-14-8-5-11-19-14/h2-8,11,15,17,19H,9-10,12H2,1H3,(H,20,23)/t15-,17+/m1/s1. The van der Waals surface area contributed by atoms with Crippen molar-refractivity contribution in [3.05, 3.63) is 59.9 Å². The van der Waals surface area contributed by atoms with Gasteiger partial charge in [0.25, 0.3) is 0 Å². The van der Waals surface area contributed by atoms with E-state index in [9.17, 15) is 9.59 Å². The number of rotatable bonds is 4. The van der Waals surface area contributed by atoms with E-state index in [1.165, 1.54) is 0 Å². The number of aromatic amines is 1. The van der Waals surface area contributed by atoms with Gasteiger partial charge >= 0.3 is 0 Å². The van der Waals surface area contributed by atoms with Gasteiger partial charge in [-0.05, 0) is 24.1 Å². The first-order valence-corrected chi connectivity index (χ1v) is 7.87. The summed E-state index contributed by atoms with van der Waals surface area (Å²) in [4.78, 5) is 29.5. The highest BCUT2D eigenvalue weighted by molar-refractivity contribution is 5.84. The SMILES string of the molecule is CN1C(=O)CC[C@@H](C(=O)NCc2ccc[nH]2)[C@@H]1c1ccccc1. The molecule has 0 aliphatic carbocycles. The Morgan fingerprint density at radius 2 is 2.04 bits per heavy atom. The Hall–Kier alpha value is -2.56. The summed E-state index contributed by atoms with van der Waals surface area (Å²) in [5.41, 5.74) is 1.97. The molecule has 1 aromatic carbocycles. The van der Waals surface area contributed by atoms with Crippen LogP contribution in [-0.4, -0.2) is 28.7 Å². The maximum atomic E-state index is 12.7. The lowest BCUT2D eigenvalue weighted by molar-refractivity contribution is -0.141. The monoisotopic (exact) mass is 311 g/mol. The number of nitrogens with zero attached hydrogens (tertiary/aromatic N) is 1. The molecule has 5 nitrogen and oxygen atoms in total. The molecule has 2 N–H and O–H groups in total. The molecular formula is C18H21N3O2. The topological polar surface area (TPSA) is 65.2 Å². The van der Waals surface area contributed by atoms with Crippen LogP contribution in [0, 0.1) is 5.92 Å². The normalized spacial score (nSPS) is 21.3. The number of nitrogens with one attached hydrogen (secondary N) is 2. The first-order valence-electron chi connectivity index (χ1n) is 7.87. The Balaban J connectivity index is 1.77. The Morgan fingerprint density at radius 3 is 2.74 bits per heavy atom. The highest BCUT2D eigenvalue weighted by Crippen LogP contribution is 2.35. The molecule has 2 aromatic rings. The summed E-state index contributed by atoms with van der Waals surface area (Å²) in [6, 6.07) is 13.4. The van der Waals surface area contributed by atoms with Gasteiger partial charge in [-0.2, -0.15) is 0 Å². The zero-order valence-electron chi connectivity index (χ0n) is 13.2. The minimum absolute atomic E-state index is 0.00666. The van der Waals surface area contributed by atoms with Gasteiger partial charge in [0.2, 0.25) is 11.8 Å². The Kier molecular flexibility index (Phi) is 4.46. The fourth-order valence-corrected chi connectivity index (χ4v) is 3.21. The van der Waals surface area contributed by atoms with Crippen LogP contribution in [0.25, 0.3) is 0 Å². The molecule has 1 saturated heterocycles. The lowest BCUT2D eigenvalue weighted by Gasteiger charge is -2.38. The third-order valence-electron chi connectivity index (χ3n) is 4.45. The maximum Gasteiger partial charge on any atom is 0.225 e. The molecule has 1 aromatic heterocycles. The summed E-state index contributed by atoms with van der Waals surface area (Å²) in [6.45, 7) is 0.474. The van der Waals surface area contributed by atoms with Crippen LogP contribution in [0.3, 0.4) is 0 Å². The van der Waals surface area contributed by atoms with Gasteiger partial charge in [-0.25, -0.2) is 0 Å². The zero-order valence-corrected chi connectivity index (χ0v) is 13.2. The van der Waals surface area contributed by atoms with E-state index in [0.29, 0.717) is 19.4 Å². The summed E-state index contributed by atoms with van der Waals surface area (Å²) in [7, 11) is 1.78. The number of carbonyl (C=O) groups is 2. The van der Waals surface area contributed by atoms with E-state index in [1.54, 1.807) is 11.9 Å². The fourth-order valence-electron chi connectivity index (χ4n) is 3.21. The molecule has 2 atom stereocenters. The van der Waals surface area contributed by atoms with E-state index in [0.717, 1.165) is 11.3 Å². The average Bonchev–Trinajstić information content (AvgIpc) is 3.09. The van der Waals surface area contributed by atoms with Gasteiger partial charge in [-0.3, -0.25) is 9.59 Å². The molecule has 3 rings (SSSR count). The lowest BCUT2D eigenvalue weighted by Crippen LogP contribution is -2.46. The molecule has 1 aliphatic heterocycles. The van der Waals surface area contributed by atoms with Crippen molar-refractivity contribution >= 4 is 11.8 Å². The molecule has 0 unspecified atom stereocenters. The quantitative estimate of drug-likeness (QED) is 0.909. The van der Waals surface area contributed by atoms with Crippen LogP contribution < -0.4 is 5.32 Å². The molecule has 0 saturated carbocycles. The van der Waals surface area contributed by atoms with Crippen molar-refractivity contribution in [3.8, 4) is 0 Å². The number of amides is 2. The van der Waals surface area contributed by atoms with E-state index in [4.69, 9.17) is 0 Å². The Labute approximate surface area is 135 Å². The molecule has 0 radical (unpaired) electrons. The molecule has 1 fully saturated rings. The van der Waals surface area contributed by atoms with E-state index >= 15 is 0 Å². The molecule has 0 spiro atoms. The number of hydrogen-bond donors (Lipinski definition) is 2. The van der Waals surface area contributed by atoms with Crippen molar-refractivity contribution in [3.63, 3.8) is 0 Å². The van der Waals surface area contributed by atoms with Crippen molar-refractivity contribution < 1.29 is 9.59 Å². The zero-order chi connectivity index (χ0) is 16.2. The van der Waals surface area contributed by atoms with Crippen LogP contribution in [0.15, 0.2) is 48.7 Å². The number of benzene rings is 1. The van der Waals surface area contributed by atoms with Crippen LogP contribution in [0.5, 0.6) is 0 Å². The molecule has 23 heavy (non-hydrogen) atoms. The van der Waals surface area contributed by atoms with Gasteiger partial charge in [-0.1, -0.05) is 30.3 Å². The lowest BCUT2D eigenvalue weighted by atomic mass is 9.84. The van der Waals surface area contributed by atoms with Crippen LogP contribution in [0.1, 0.15) is 30.1 Å². The second-order valence-corrected chi connectivity index (χ2v) is 5.92. The van der Waals surface area contributed by atoms with E-state index < -0.39 is 0 Å². The second-order valence-electron chi connectivity index (χ2n) is 5.92. The van der Waals surface area contributed by atoms with Crippen LogP contribution in [-0.2, 0) is 16.1 Å². The van der Waals surface area contributed by atoms with Gasteiger partial charge in [0.15, 0.2) is 0 Å². The first-order chi connectivity index (χ1) is 11.2. The van der Waals surface area contributed by atoms with Gasteiger partial charge in [0.05, 0.1) is 18.5 Å². The number of piperidine rings is 1. The second kappa shape index (κ2) is 6.69. The molecule has 0 bridgehead atoms. The molecule has 2 heterocycles. The van der Waals surface area contributed by atoms with Crippen molar-refractivity contribution in [1.29, 1.82) is 0 Å². The summed E-state index contributed by atoms with van der Waals surface area (Å²) in [5.74, 6) is -0.143. The van der Waals surface area contributed by atoms with Gasteiger partial charge in [0.1, 0.15) is 0 Å². The third-order valence-corrected chi connectivity index (χ3v) is 4.45. The molecular weight excluding hydrogens is 290 g/mol. The summed E-state index contributed by atoms with van der Waals surface area (Å²) in [5, 5.41) is 2.98. The molecule has 2 amide bonds. The van der Waals surface area contributed by atoms with E-state index in [2.05, 4.69) is 10.3 Å². The van der Waals surface area contributed by atoms with Gasteiger partial charge < -0.3 is 15.2 Å². The van der Waals surface area contributed by atoms with Gasteiger partial charge in [0, 0.05) is 25.4 Å². The predicted octanol–water partition coefficient (Wildman–Crippen LogP) is 2.24. The largest absolute Gasteiger partial charge is 0.364 e. The smallest absolute Gasteiger partial charge is 0.225 e. The van der Waals surface area contributed by atoms with Crippen LogP contribution >= 0.6 is 0 Å². The van der Waals surface area contributed by atoms with Crippen LogP contribution in [0.4, 0.5) is 0 Å². The molecule has 1 aliphatic rings. The van der Waals surface area contributed by atoms with E-state index in [1.807, 2.05) is 48.7 Å². The summed E-state index contributed by atoms with van der Waals surface area (Å²) >= 11 is 0. The Morgan fingerprint density at radius 1 is 1.26 bits per heavy atom. The van der Waals surface area contributed by atoms with Gasteiger partial charge in [-0.15, -0.1) is 0 Å². The van der Waals surface area contributed by atoms with Crippen molar-refractivity contribution in [2.45, 2.75) is 25.4 Å². The van der Waals surface area contributed by atoms with E-state index in [-0.39, 0.29) is 23.8 Å². The number of aromatic nitrogens is 1. The van der Waals surface area contributed by atoms with Crippen molar-refractivity contribution in [2.24, 2.45) is 5.92 Å². The average molecular weight is 311 g/mol. The van der Waals surface area contributed by atoms with Crippen LogP contribution in [0.2, 0.25) is 0 Å². The predicted molar refractivity (Wildman–Crippen MR) is 87.3 cm³/mol. The highest BCUT2D eigenvalue weighted by atomic mass is 16.2. The van der Waals surface area contributed by atoms with Crippen molar-refractivity contribution in [1.82, 2.24) is 15.2 Å². The minimum Gasteiger partial charge on any atom is -0.364 e. The summed E-state index contributed by atoms with van der Waals surface area (Å²) in [6.07, 6.45) is 2.83. The minimum atomic E-state index is -0.227. The number of H-pyrrole nitrogens is 1.